The first-order chi connectivity index (χ1) is 20.0. The molecule has 1 aromatic rings. The number of hydrogen-bond acceptors (Lipinski definition) is 14. The molecule has 17 nitrogen and oxygen atoms in total. The number of nitrogens with zero attached hydrogens (tertiary/aromatic N) is 2. The normalized spacial score (nSPS) is 16.0. The summed E-state index contributed by atoms with van der Waals surface area (Å²) in [6, 6.07) is 4.05. The van der Waals surface area contributed by atoms with E-state index in [0.717, 1.165) is 46.8 Å². The van der Waals surface area contributed by atoms with Gasteiger partial charge in [-0.2, -0.15) is 13.5 Å². The summed E-state index contributed by atoms with van der Waals surface area (Å²) in [4.78, 5) is 81.8. The topological polar surface area (TPSA) is 230 Å². The molecule has 1 aliphatic heterocycles. The molecule has 3 unspecified atom stereocenters. The Hall–Kier alpha value is -5.13. The SMILES string of the molecule is CC(=O)OCC(OC(C)=O)C(OC(C)=O)C(/C=N\N(C(C)=O)S(=O)(=O)c1ccc(/C=C2\NC(=O)NC2=O)cc1)OC(C)=O. The lowest BCUT2D eigenvalue weighted by Gasteiger charge is -2.30. The van der Waals surface area contributed by atoms with Crippen LogP contribution < -0.4 is 10.6 Å². The van der Waals surface area contributed by atoms with Crippen LogP contribution in [0.5, 0.6) is 0 Å². The number of hydrogen-bond donors (Lipinski definition) is 2. The van der Waals surface area contributed by atoms with E-state index < -0.39 is 81.6 Å². The van der Waals surface area contributed by atoms with Gasteiger partial charge in [-0.25, -0.2) is 4.79 Å². The Morgan fingerprint density at radius 1 is 0.860 bits per heavy atom. The molecule has 0 aromatic heterocycles. The molecule has 0 bridgehead atoms. The largest absolute Gasteiger partial charge is 0.462 e. The van der Waals surface area contributed by atoms with Crippen molar-refractivity contribution < 1.29 is 60.9 Å². The van der Waals surface area contributed by atoms with E-state index in [1.54, 1.807) is 0 Å². The molecule has 1 aromatic carbocycles. The van der Waals surface area contributed by atoms with Gasteiger partial charge in [0, 0.05) is 34.6 Å². The van der Waals surface area contributed by atoms with Gasteiger partial charge in [0.1, 0.15) is 12.3 Å². The number of urea groups is 1. The van der Waals surface area contributed by atoms with E-state index in [2.05, 4.69) is 10.4 Å². The first-order valence-electron chi connectivity index (χ1n) is 12.2. The van der Waals surface area contributed by atoms with Gasteiger partial charge in [0.2, 0.25) is 0 Å². The van der Waals surface area contributed by atoms with Crippen molar-refractivity contribution in [3.05, 3.63) is 35.5 Å². The minimum Gasteiger partial charge on any atom is -0.462 e. The molecule has 0 aliphatic carbocycles. The molecule has 1 heterocycles. The second kappa shape index (κ2) is 14.7. The average Bonchev–Trinajstić information content (AvgIpc) is 3.20. The smallest absolute Gasteiger partial charge is 0.326 e. The van der Waals surface area contributed by atoms with E-state index in [1.165, 1.54) is 18.2 Å². The van der Waals surface area contributed by atoms with Crippen LogP contribution in [0.4, 0.5) is 4.79 Å². The van der Waals surface area contributed by atoms with Crippen molar-refractivity contribution in [3.8, 4) is 0 Å². The molecule has 1 fully saturated rings. The molecule has 0 radical (unpaired) electrons. The molecule has 4 amide bonds. The molecule has 2 N–H and O–H groups in total. The maximum Gasteiger partial charge on any atom is 0.326 e. The number of hydrazone groups is 1. The number of ether oxygens (including phenoxy) is 4. The predicted molar refractivity (Wildman–Crippen MR) is 143 cm³/mol. The summed E-state index contributed by atoms with van der Waals surface area (Å²) in [5, 5.41) is 7.96. The van der Waals surface area contributed by atoms with Crippen LogP contribution in [-0.4, -0.2) is 85.7 Å². The number of benzene rings is 1. The van der Waals surface area contributed by atoms with Crippen LogP contribution in [0, 0.1) is 0 Å². The van der Waals surface area contributed by atoms with Gasteiger partial charge in [-0.05, 0) is 23.8 Å². The van der Waals surface area contributed by atoms with E-state index in [-0.39, 0.29) is 10.1 Å². The van der Waals surface area contributed by atoms with Crippen LogP contribution in [0.25, 0.3) is 6.08 Å². The lowest BCUT2D eigenvalue weighted by Crippen LogP contribution is -2.48. The molecule has 0 spiro atoms. The van der Waals surface area contributed by atoms with Crippen molar-refractivity contribution in [2.45, 2.75) is 57.8 Å². The molecule has 2 rings (SSSR count). The van der Waals surface area contributed by atoms with E-state index >= 15 is 0 Å². The Labute approximate surface area is 245 Å². The summed E-state index contributed by atoms with van der Waals surface area (Å²) in [5.41, 5.74) is 0.253. The minimum atomic E-state index is -4.68. The number of sulfonamides is 1. The summed E-state index contributed by atoms with van der Waals surface area (Å²) in [7, 11) is -4.68. The zero-order chi connectivity index (χ0) is 32.5. The van der Waals surface area contributed by atoms with Crippen LogP contribution in [0.2, 0.25) is 0 Å². The zero-order valence-electron chi connectivity index (χ0n) is 23.5. The van der Waals surface area contributed by atoms with Gasteiger partial charge in [-0.15, -0.1) is 4.41 Å². The van der Waals surface area contributed by atoms with E-state index in [1.807, 2.05) is 5.32 Å². The number of esters is 4. The van der Waals surface area contributed by atoms with Gasteiger partial charge >= 0.3 is 29.9 Å². The summed E-state index contributed by atoms with van der Waals surface area (Å²) in [6.07, 6.45) is -3.05. The minimum absolute atomic E-state index is 0.0688. The maximum atomic E-state index is 13.3. The molecule has 3 atom stereocenters. The molecule has 1 saturated heterocycles. The molecule has 43 heavy (non-hydrogen) atoms. The first kappa shape index (κ1) is 34.1. The van der Waals surface area contributed by atoms with E-state index in [9.17, 15) is 42.0 Å². The van der Waals surface area contributed by atoms with Gasteiger partial charge in [-0.1, -0.05) is 12.1 Å². The molecule has 232 valence electrons. The second-order valence-corrected chi connectivity index (χ2v) is 10.4. The van der Waals surface area contributed by atoms with Crippen LogP contribution in [0.15, 0.2) is 40.0 Å². The molecular formula is C25H28N4O13S. The van der Waals surface area contributed by atoms with Crippen LogP contribution in [-0.2, 0) is 57.7 Å². The monoisotopic (exact) mass is 624 g/mol. The fourth-order valence-corrected chi connectivity index (χ4v) is 4.65. The number of carbonyl (C=O) groups excluding carboxylic acids is 7. The quantitative estimate of drug-likeness (QED) is 0.0764. The van der Waals surface area contributed by atoms with Gasteiger partial charge < -0.3 is 24.3 Å². The summed E-state index contributed by atoms with van der Waals surface area (Å²) < 4.78 is 46.9. The number of imide groups is 1. The summed E-state index contributed by atoms with van der Waals surface area (Å²) >= 11 is 0. The fourth-order valence-electron chi connectivity index (χ4n) is 3.45. The Balaban J connectivity index is 2.47. The number of nitrogens with one attached hydrogen (secondary N) is 2. The number of carbonyl (C=O) groups is 7. The zero-order valence-corrected chi connectivity index (χ0v) is 24.3. The molecule has 0 saturated carbocycles. The third-order valence-corrected chi connectivity index (χ3v) is 6.76. The maximum absolute atomic E-state index is 13.3. The Bertz CT molecular complexity index is 1470. The Kier molecular flexibility index (Phi) is 11.6. The highest BCUT2D eigenvalue weighted by Gasteiger charge is 2.38. The molecule has 18 heteroatoms. The van der Waals surface area contributed by atoms with Gasteiger partial charge in [-0.3, -0.25) is 34.1 Å². The van der Waals surface area contributed by atoms with E-state index in [0.29, 0.717) is 11.8 Å². The lowest BCUT2D eigenvalue weighted by atomic mass is 10.1. The van der Waals surface area contributed by atoms with Crippen molar-refractivity contribution in [2.24, 2.45) is 5.10 Å². The highest BCUT2D eigenvalue weighted by Crippen LogP contribution is 2.20. The van der Waals surface area contributed by atoms with Gasteiger partial charge in [0.15, 0.2) is 18.3 Å². The highest BCUT2D eigenvalue weighted by atomic mass is 32.2. The summed E-state index contributed by atoms with van der Waals surface area (Å²) in [5.74, 6) is -5.38. The van der Waals surface area contributed by atoms with Crippen LogP contribution in [0.3, 0.4) is 0 Å². The van der Waals surface area contributed by atoms with Crippen molar-refractivity contribution in [3.63, 3.8) is 0 Å². The molecule has 1 aliphatic rings. The summed E-state index contributed by atoms with van der Waals surface area (Å²) in [6.45, 7) is 4.23. The number of amides is 4. The standard InChI is InChI=1S/C25H28N4O13S/c1-13(30)29(43(37,38)19-8-6-18(7-9-19)10-20-24(35)28-25(36)27-20)26-11-21(40-15(3)32)23(42-17(5)34)22(41-16(4)33)12-39-14(2)31/h6-11,21-23H,12H2,1-5H3,(H2,27,28,35,36)/b20-10-,26-11-. The fraction of sp³-hybridized carbons (Fsp3) is 0.360. The number of rotatable bonds is 12. The Morgan fingerprint density at radius 2 is 1.44 bits per heavy atom. The first-order valence-corrected chi connectivity index (χ1v) is 13.6. The predicted octanol–water partition coefficient (Wildman–Crippen LogP) is -0.252. The third kappa shape index (κ3) is 10.0. The second-order valence-electron chi connectivity index (χ2n) is 8.67. The highest BCUT2D eigenvalue weighted by molar-refractivity contribution is 7.89. The van der Waals surface area contributed by atoms with Crippen molar-refractivity contribution in [1.82, 2.24) is 15.0 Å². The van der Waals surface area contributed by atoms with E-state index in [4.69, 9.17) is 18.9 Å². The molecular weight excluding hydrogens is 596 g/mol. The van der Waals surface area contributed by atoms with Crippen molar-refractivity contribution in [2.75, 3.05) is 6.61 Å². The van der Waals surface area contributed by atoms with Crippen LogP contribution >= 0.6 is 0 Å². The Morgan fingerprint density at radius 3 is 1.91 bits per heavy atom. The van der Waals surface area contributed by atoms with Crippen molar-refractivity contribution in [1.29, 1.82) is 0 Å². The van der Waals surface area contributed by atoms with Gasteiger partial charge in [0.25, 0.3) is 21.8 Å². The van der Waals surface area contributed by atoms with Gasteiger partial charge in [0.05, 0.1) is 11.1 Å². The van der Waals surface area contributed by atoms with Crippen LogP contribution in [0.1, 0.15) is 40.2 Å². The van der Waals surface area contributed by atoms with Crippen molar-refractivity contribution >= 4 is 64.0 Å². The average molecular weight is 625 g/mol. The lowest BCUT2D eigenvalue weighted by molar-refractivity contribution is -0.183. The third-order valence-electron chi connectivity index (χ3n) is 5.09.